The van der Waals surface area contributed by atoms with E-state index in [0.29, 0.717) is 17.5 Å². The van der Waals surface area contributed by atoms with Gasteiger partial charge in [0.2, 0.25) is 0 Å². The Bertz CT molecular complexity index is 649. The van der Waals surface area contributed by atoms with Crippen molar-refractivity contribution in [2.75, 3.05) is 11.9 Å². The van der Waals surface area contributed by atoms with Crippen LogP contribution in [0.5, 0.6) is 5.75 Å². The molecule has 1 aromatic carbocycles. The molecule has 2 rings (SSSR count). The van der Waals surface area contributed by atoms with Gasteiger partial charge in [-0.25, -0.2) is 4.98 Å². The highest BCUT2D eigenvalue weighted by atomic mass is 79.9. The minimum atomic E-state index is 0.507. The molecule has 0 saturated heterocycles. The van der Waals surface area contributed by atoms with Gasteiger partial charge in [-0.1, -0.05) is 31.9 Å². The number of ether oxygens (including phenoxy) is 1. The van der Waals surface area contributed by atoms with E-state index in [4.69, 9.17) is 16.3 Å². The summed E-state index contributed by atoms with van der Waals surface area (Å²) in [5.74, 6) is 2.02. The fourth-order valence-electron chi connectivity index (χ4n) is 1.83. The molecule has 5 heteroatoms. The SMILES string of the molecule is CC[C@H](C)COc1ccc(Cl)cc1Nc1ncc(C)cc1Br. The summed E-state index contributed by atoms with van der Waals surface area (Å²) in [5, 5.41) is 3.94. The quantitative estimate of drug-likeness (QED) is 0.666. The van der Waals surface area contributed by atoms with E-state index in [2.05, 4.69) is 40.1 Å². The van der Waals surface area contributed by atoms with E-state index in [0.717, 1.165) is 33.7 Å². The van der Waals surface area contributed by atoms with Crippen LogP contribution in [0.25, 0.3) is 0 Å². The number of benzene rings is 1. The van der Waals surface area contributed by atoms with Gasteiger partial charge in [0, 0.05) is 11.2 Å². The number of rotatable bonds is 6. The molecule has 1 atom stereocenters. The van der Waals surface area contributed by atoms with Gasteiger partial charge < -0.3 is 10.1 Å². The van der Waals surface area contributed by atoms with Crippen LogP contribution in [0.15, 0.2) is 34.9 Å². The lowest BCUT2D eigenvalue weighted by Gasteiger charge is -2.16. The van der Waals surface area contributed by atoms with E-state index < -0.39 is 0 Å². The standard InChI is InChI=1S/C17H20BrClN2O/c1-4-11(2)10-22-16-6-5-13(19)8-15(16)21-17-14(18)7-12(3)9-20-17/h5-9,11H,4,10H2,1-3H3,(H,20,21)/t11-/m0/s1. The van der Waals surface area contributed by atoms with Gasteiger partial charge in [-0.3, -0.25) is 0 Å². The maximum Gasteiger partial charge on any atom is 0.144 e. The highest BCUT2D eigenvalue weighted by Crippen LogP contribution is 2.33. The fourth-order valence-corrected chi connectivity index (χ4v) is 2.56. The Labute approximate surface area is 145 Å². The smallest absolute Gasteiger partial charge is 0.144 e. The largest absolute Gasteiger partial charge is 0.491 e. The number of halogens is 2. The first kappa shape index (κ1) is 17.1. The number of aromatic nitrogens is 1. The van der Waals surface area contributed by atoms with Crippen molar-refractivity contribution < 1.29 is 4.74 Å². The van der Waals surface area contributed by atoms with E-state index in [9.17, 15) is 0 Å². The molecule has 3 nitrogen and oxygen atoms in total. The molecule has 0 radical (unpaired) electrons. The second-order valence-electron chi connectivity index (χ2n) is 5.43. The normalized spacial score (nSPS) is 12.0. The Balaban J connectivity index is 2.23. The second-order valence-corrected chi connectivity index (χ2v) is 6.72. The number of anilines is 2. The Morgan fingerprint density at radius 3 is 2.82 bits per heavy atom. The minimum absolute atomic E-state index is 0.507. The summed E-state index contributed by atoms with van der Waals surface area (Å²) in [7, 11) is 0. The molecule has 22 heavy (non-hydrogen) atoms. The van der Waals surface area contributed by atoms with Gasteiger partial charge in [-0.05, 0) is 58.6 Å². The molecule has 1 heterocycles. The van der Waals surface area contributed by atoms with Crippen molar-refractivity contribution in [3.05, 3.63) is 45.5 Å². The van der Waals surface area contributed by atoms with Crippen LogP contribution in [0.1, 0.15) is 25.8 Å². The lowest BCUT2D eigenvalue weighted by molar-refractivity contribution is 0.258. The molecule has 118 valence electrons. The average molecular weight is 384 g/mol. The summed E-state index contributed by atoms with van der Waals surface area (Å²) in [6.07, 6.45) is 2.90. The molecule has 1 N–H and O–H groups in total. The number of hydrogen-bond donors (Lipinski definition) is 1. The van der Waals surface area contributed by atoms with Crippen LogP contribution in [-0.2, 0) is 0 Å². The average Bonchev–Trinajstić information content (AvgIpc) is 2.49. The van der Waals surface area contributed by atoms with Crippen molar-refractivity contribution in [1.82, 2.24) is 4.98 Å². The number of nitrogens with zero attached hydrogens (tertiary/aromatic N) is 1. The molecule has 0 amide bonds. The first-order valence-electron chi connectivity index (χ1n) is 7.31. The molecule has 0 saturated carbocycles. The molecule has 0 fully saturated rings. The Morgan fingerprint density at radius 1 is 1.36 bits per heavy atom. The third-order valence-corrected chi connectivity index (χ3v) is 4.23. The molecule has 0 spiro atoms. The molecule has 2 aromatic rings. The molecular weight excluding hydrogens is 364 g/mol. The maximum absolute atomic E-state index is 6.11. The van der Waals surface area contributed by atoms with Crippen molar-refractivity contribution in [2.24, 2.45) is 5.92 Å². The zero-order chi connectivity index (χ0) is 16.1. The zero-order valence-corrected chi connectivity index (χ0v) is 15.3. The summed E-state index contributed by atoms with van der Waals surface area (Å²) in [5.41, 5.74) is 1.91. The van der Waals surface area contributed by atoms with E-state index in [-0.39, 0.29) is 0 Å². The van der Waals surface area contributed by atoms with Crippen molar-refractivity contribution >= 4 is 39.0 Å². The van der Waals surface area contributed by atoms with Crippen molar-refractivity contribution in [2.45, 2.75) is 27.2 Å². The number of nitrogens with one attached hydrogen (secondary N) is 1. The Morgan fingerprint density at radius 2 is 2.14 bits per heavy atom. The van der Waals surface area contributed by atoms with Crippen molar-refractivity contribution in [3.63, 3.8) is 0 Å². The Kier molecular flexibility index (Phi) is 6.09. The number of pyridine rings is 1. The van der Waals surface area contributed by atoms with Gasteiger partial charge in [-0.15, -0.1) is 0 Å². The van der Waals surface area contributed by atoms with Crippen molar-refractivity contribution in [1.29, 1.82) is 0 Å². The predicted octanol–water partition coefficient (Wildman–Crippen LogP) is 5.97. The van der Waals surface area contributed by atoms with E-state index in [1.165, 1.54) is 0 Å². The summed E-state index contributed by atoms with van der Waals surface area (Å²) in [6.45, 7) is 7.00. The highest BCUT2D eigenvalue weighted by molar-refractivity contribution is 9.10. The van der Waals surface area contributed by atoms with Gasteiger partial charge in [-0.2, -0.15) is 0 Å². The summed E-state index contributed by atoms with van der Waals surface area (Å²) >= 11 is 9.63. The van der Waals surface area contributed by atoms with Crippen LogP contribution in [0.4, 0.5) is 11.5 Å². The topological polar surface area (TPSA) is 34.1 Å². The fraction of sp³-hybridized carbons (Fsp3) is 0.353. The van der Waals surface area contributed by atoms with E-state index >= 15 is 0 Å². The molecule has 0 aliphatic heterocycles. The van der Waals surface area contributed by atoms with Gasteiger partial charge in [0.1, 0.15) is 11.6 Å². The van der Waals surface area contributed by atoms with Gasteiger partial charge in [0.25, 0.3) is 0 Å². The molecule has 0 aliphatic carbocycles. The van der Waals surface area contributed by atoms with Gasteiger partial charge in [0.05, 0.1) is 16.8 Å². The lowest BCUT2D eigenvalue weighted by Crippen LogP contribution is -2.08. The number of hydrogen-bond acceptors (Lipinski definition) is 3. The zero-order valence-electron chi connectivity index (χ0n) is 13.0. The molecular formula is C17H20BrClN2O. The molecule has 1 aromatic heterocycles. The third-order valence-electron chi connectivity index (χ3n) is 3.39. The third kappa shape index (κ3) is 4.62. The van der Waals surface area contributed by atoms with Crippen molar-refractivity contribution in [3.8, 4) is 5.75 Å². The van der Waals surface area contributed by atoms with Crippen LogP contribution < -0.4 is 10.1 Å². The van der Waals surface area contributed by atoms with Gasteiger partial charge in [0.15, 0.2) is 0 Å². The summed E-state index contributed by atoms with van der Waals surface area (Å²) in [6, 6.07) is 7.58. The first-order valence-corrected chi connectivity index (χ1v) is 8.48. The minimum Gasteiger partial charge on any atom is -0.491 e. The van der Waals surface area contributed by atoms with E-state index in [1.54, 1.807) is 0 Å². The van der Waals surface area contributed by atoms with E-state index in [1.807, 2.05) is 37.4 Å². The summed E-state index contributed by atoms with van der Waals surface area (Å²) < 4.78 is 6.82. The van der Waals surface area contributed by atoms with Crippen LogP contribution in [0, 0.1) is 12.8 Å². The maximum atomic E-state index is 6.11. The van der Waals surface area contributed by atoms with Crippen LogP contribution in [0.2, 0.25) is 5.02 Å². The molecule has 0 aliphatic rings. The lowest BCUT2D eigenvalue weighted by atomic mass is 10.1. The first-order chi connectivity index (χ1) is 10.5. The second kappa shape index (κ2) is 7.84. The van der Waals surface area contributed by atoms with Gasteiger partial charge >= 0.3 is 0 Å². The number of aryl methyl sites for hydroxylation is 1. The monoisotopic (exact) mass is 382 g/mol. The summed E-state index contributed by atoms with van der Waals surface area (Å²) in [4.78, 5) is 4.40. The van der Waals surface area contributed by atoms with Crippen LogP contribution in [-0.4, -0.2) is 11.6 Å². The Hall–Kier alpha value is -1.26. The molecule has 0 unspecified atom stereocenters. The highest BCUT2D eigenvalue weighted by Gasteiger charge is 2.10. The molecule has 0 bridgehead atoms. The van der Waals surface area contributed by atoms with Crippen LogP contribution in [0.3, 0.4) is 0 Å². The van der Waals surface area contributed by atoms with Crippen LogP contribution >= 0.6 is 27.5 Å². The predicted molar refractivity (Wildman–Crippen MR) is 96.4 cm³/mol.